The Morgan fingerprint density at radius 3 is 2.50 bits per heavy atom. The number of ether oxygens (including phenoxy) is 1. The molecule has 1 heterocycles. The Hall–Kier alpha value is -1.77. The second-order valence-corrected chi connectivity index (χ2v) is 7.66. The standard InChI is InChI=1S/C19H24N2O/c1-12-6-8-13(9-7-12)21-17(22-5)15-14-10-11-19(4,16(15)20-21)18(14,2)3/h6-9,14H,10-11H2,1-5H3/t14?,19-/m0/s1. The Bertz CT molecular complexity index is 742. The molecule has 3 nitrogen and oxygen atoms in total. The molecule has 1 unspecified atom stereocenters. The number of nitrogens with zero attached hydrogens (tertiary/aromatic N) is 2. The number of aryl methyl sites for hydroxylation is 1. The van der Waals surface area contributed by atoms with Gasteiger partial charge in [-0.1, -0.05) is 38.5 Å². The molecule has 0 saturated heterocycles. The fourth-order valence-electron chi connectivity index (χ4n) is 4.62. The van der Waals surface area contributed by atoms with Gasteiger partial charge in [0.1, 0.15) is 0 Å². The Morgan fingerprint density at radius 1 is 1.18 bits per heavy atom. The van der Waals surface area contributed by atoms with Crippen molar-refractivity contribution in [2.75, 3.05) is 7.11 Å². The first-order valence-electron chi connectivity index (χ1n) is 8.14. The highest BCUT2D eigenvalue weighted by molar-refractivity contribution is 5.53. The predicted octanol–water partition coefficient (Wildman–Crippen LogP) is 4.36. The summed E-state index contributed by atoms with van der Waals surface area (Å²) in [5, 5.41) is 5.00. The Labute approximate surface area is 132 Å². The second-order valence-electron chi connectivity index (χ2n) is 7.66. The average Bonchev–Trinajstić information content (AvgIpc) is 3.02. The minimum absolute atomic E-state index is 0.163. The zero-order chi connectivity index (χ0) is 15.7. The number of rotatable bonds is 2. The summed E-state index contributed by atoms with van der Waals surface area (Å²) in [6.07, 6.45) is 2.47. The fourth-order valence-corrected chi connectivity index (χ4v) is 4.62. The molecule has 3 heteroatoms. The number of fused-ring (bicyclic) bond motifs is 5. The van der Waals surface area contributed by atoms with Crippen LogP contribution in [0.4, 0.5) is 0 Å². The van der Waals surface area contributed by atoms with Crippen LogP contribution in [0.3, 0.4) is 0 Å². The van der Waals surface area contributed by atoms with Crippen molar-refractivity contribution < 1.29 is 4.74 Å². The molecule has 1 fully saturated rings. The maximum atomic E-state index is 5.80. The number of benzene rings is 1. The van der Waals surface area contributed by atoms with Gasteiger partial charge in [0.05, 0.1) is 18.5 Å². The summed E-state index contributed by atoms with van der Waals surface area (Å²) in [5.41, 5.74) is 5.38. The summed E-state index contributed by atoms with van der Waals surface area (Å²) in [6, 6.07) is 8.49. The molecule has 0 aliphatic heterocycles. The van der Waals surface area contributed by atoms with Crippen LogP contribution in [0.25, 0.3) is 5.69 Å². The zero-order valence-corrected chi connectivity index (χ0v) is 14.1. The molecule has 2 aliphatic carbocycles. The van der Waals surface area contributed by atoms with E-state index in [9.17, 15) is 0 Å². The van der Waals surface area contributed by atoms with Crippen LogP contribution in [0.5, 0.6) is 5.88 Å². The van der Waals surface area contributed by atoms with Gasteiger partial charge in [-0.05, 0) is 43.2 Å². The van der Waals surface area contributed by atoms with Gasteiger partial charge in [-0.15, -0.1) is 0 Å². The van der Waals surface area contributed by atoms with Gasteiger partial charge in [0, 0.05) is 11.0 Å². The normalized spacial score (nSPS) is 28.0. The number of hydrogen-bond donors (Lipinski definition) is 0. The van der Waals surface area contributed by atoms with Crippen molar-refractivity contribution >= 4 is 0 Å². The van der Waals surface area contributed by atoms with E-state index in [1.807, 2.05) is 4.68 Å². The molecule has 4 rings (SSSR count). The first kappa shape index (κ1) is 13.9. The molecule has 0 N–H and O–H groups in total. The minimum atomic E-state index is 0.163. The maximum Gasteiger partial charge on any atom is 0.220 e. The molecule has 0 amide bonds. The third-order valence-electron chi connectivity index (χ3n) is 6.45. The number of hydrogen-bond acceptors (Lipinski definition) is 2. The van der Waals surface area contributed by atoms with Gasteiger partial charge in [0.15, 0.2) is 0 Å². The lowest BCUT2D eigenvalue weighted by molar-refractivity contribution is 0.222. The summed E-state index contributed by atoms with van der Waals surface area (Å²) in [7, 11) is 1.77. The highest BCUT2D eigenvalue weighted by Gasteiger charge is 2.62. The van der Waals surface area contributed by atoms with Gasteiger partial charge in [-0.25, -0.2) is 4.68 Å². The molecule has 1 aromatic carbocycles. The van der Waals surface area contributed by atoms with Crippen LogP contribution in [0.1, 0.15) is 56.4 Å². The summed E-state index contributed by atoms with van der Waals surface area (Å²) < 4.78 is 7.80. The Kier molecular flexibility index (Phi) is 2.62. The van der Waals surface area contributed by atoms with E-state index in [-0.39, 0.29) is 10.8 Å². The van der Waals surface area contributed by atoms with E-state index < -0.39 is 0 Å². The van der Waals surface area contributed by atoms with Crippen LogP contribution in [0.2, 0.25) is 0 Å². The molecule has 2 aromatic rings. The first-order valence-corrected chi connectivity index (χ1v) is 8.14. The van der Waals surface area contributed by atoms with E-state index in [0.717, 1.165) is 11.6 Å². The van der Waals surface area contributed by atoms with Gasteiger partial charge in [0.2, 0.25) is 5.88 Å². The van der Waals surface area contributed by atoms with Crippen LogP contribution in [-0.4, -0.2) is 16.9 Å². The molecule has 1 saturated carbocycles. The van der Waals surface area contributed by atoms with E-state index in [0.29, 0.717) is 5.92 Å². The monoisotopic (exact) mass is 296 g/mol. The second kappa shape index (κ2) is 4.15. The smallest absolute Gasteiger partial charge is 0.220 e. The van der Waals surface area contributed by atoms with E-state index in [4.69, 9.17) is 9.84 Å². The Morgan fingerprint density at radius 2 is 1.86 bits per heavy atom. The van der Waals surface area contributed by atoms with Crippen molar-refractivity contribution in [1.82, 2.24) is 9.78 Å². The van der Waals surface area contributed by atoms with Gasteiger partial charge >= 0.3 is 0 Å². The number of aromatic nitrogens is 2. The van der Waals surface area contributed by atoms with Crippen molar-refractivity contribution in [1.29, 1.82) is 0 Å². The third kappa shape index (κ3) is 1.44. The SMILES string of the molecule is COc1c2c(nn1-c1ccc(C)cc1)[C@]1(C)CCC2C1(C)C. The van der Waals surface area contributed by atoms with Crippen LogP contribution in [0.15, 0.2) is 24.3 Å². The van der Waals surface area contributed by atoms with E-state index >= 15 is 0 Å². The lowest BCUT2D eigenvalue weighted by atomic mass is 9.70. The van der Waals surface area contributed by atoms with Crippen molar-refractivity contribution in [2.45, 2.75) is 51.9 Å². The predicted molar refractivity (Wildman–Crippen MR) is 88.0 cm³/mol. The van der Waals surface area contributed by atoms with Crippen LogP contribution in [-0.2, 0) is 5.41 Å². The van der Waals surface area contributed by atoms with E-state index in [1.165, 1.54) is 29.7 Å². The summed E-state index contributed by atoms with van der Waals surface area (Å²) in [5.74, 6) is 1.49. The van der Waals surface area contributed by atoms with Crippen LogP contribution < -0.4 is 4.74 Å². The molecule has 1 aromatic heterocycles. The molecule has 22 heavy (non-hydrogen) atoms. The number of methoxy groups -OCH3 is 1. The van der Waals surface area contributed by atoms with Crippen LogP contribution in [0, 0.1) is 12.3 Å². The van der Waals surface area contributed by atoms with E-state index in [2.05, 4.69) is 52.0 Å². The molecule has 0 radical (unpaired) electrons. The molecule has 0 spiro atoms. The van der Waals surface area contributed by atoms with Crippen molar-refractivity contribution in [3.05, 3.63) is 41.1 Å². The summed E-state index contributed by atoms with van der Waals surface area (Å²) in [6.45, 7) is 9.27. The molecule has 2 bridgehead atoms. The zero-order valence-electron chi connectivity index (χ0n) is 14.1. The molecule has 2 atom stereocenters. The third-order valence-corrected chi connectivity index (χ3v) is 6.45. The topological polar surface area (TPSA) is 27.1 Å². The van der Waals surface area contributed by atoms with Gasteiger partial charge in [-0.2, -0.15) is 5.10 Å². The highest BCUT2D eigenvalue weighted by atomic mass is 16.5. The average molecular weight is 296 g/mol. The quantitative estimate of drug-likeness (QED) is 0.823. The van der Waals surface area contributed by atoms with Crippen molar-refractivity contribution in [3.8, 4) is 11.6 Å². The summed E-state index contributed by atoms with van der Waals surface area (Å²) in [4.78, 5) is 0. The molecule has 2 aliphatic rings. The lowest BCUT2D eigenvalue weighted by Gasteiger charge is -2.34. The van der Waals surface area contributed by atoms with Gasteiger partial charge in [0.25, 0.3) is 0 Å². The molecular weight excluding hydrogens is 272 g/mol. The summed E-state index contributed by atoms with van der Waals surface area (Å²) >= 11 is 0. The van der Waals surface area contributed by atoms with Crippen LogP contribution >= 0.6 is 0 Å². The Balaban J connectivity index is 1.93. The minimum Gasteiger partial charge on any atom is -0.481 e. The van der Waals surface area contributed by atoms with Gasteiger partial charge in [-0.3, -0.25) is 0 Å². The van der Waals surface area contributed by atoms with E-state index in [1.54, 1.807) is 7.11 Å². The fraction of sp³-hybridized carbons (Fsp3) is 0.526. The molecular formula is C19H24N2O. The van der Waals surface area contributed by atoms with Crippen molar-refractivity contribution in [3.63, 3.8) is 0 Å². The molecule has 116 valence electrons. The lowest BCUT2D eigenvalue weighted by Crippen LogP contribution is -2.32. The largest absolute Gasteiger partial charge is 0.481 e. The van der Waals surface area contributed by atoms with Gasteiger partial charge < -0.3 is 4.74 Å². The van der Waals surface area contributed by atoms with Crippen molar-refractivity contribution in [2.24, 2.45) is 5.41 Å². The maximum absolute atomic E-state index is 5.80. The highest BCUT2D eigenvalue weighted by Crippen LogP contribution is 2.69. The first-order chi connectivity index (χ1) is 10.4.